The molecule has 0 aromatic heterocycles. The Morgan fingerprint density at radius 2 is 1.50 bits per heavy atom. The van der Waals surface area contributed by atoms with Crippen LogP contribution in [0.4, 0.5) is 0 Å². The van der Waals surface area contributed by atoms with Gasteiger partial charge in [-0.2, -0.15) is 0 Å². The standard InChI is InChI=1S/C11H14O2S/c12-14(13)5-7-8(6-14)10-2-1-9(7)11(10)3-4-11/h1-2,7-10H,3-6H2/t7-,8+,9-,10+. The quantitative estimate of drug-likeness (QED) is 0.564. The first-order valence-corrected chi connectivity index (χ1v) is 7.33. The molecule has 0 radical (unpaired) electrons. The molecule has 1 saturated heterocycles. The summed E-state index contributed by atoms with van der Waals surface area (Å²) in [6, 6.07) is 0. The average Bonchev–Trinajstić information content (AvgIpc) is 2.62. The molecule has 3 heteroatoms. The fourth-order valence-electron chi connectivity index (χ4n) is 4.44. The normalized spacial score (nSPS) is 54.0. The summed E-state index contributed by atoms with van der Waals surface area (Å²) in [6.07, 6.45) is 7.34. The summed E-state index contributed by atoms with van der Waals surface area (Å²) in [5.41, 5.74) is 0.561. The van der Waals surface area contributed by atoms with E-state index in [4.69, 9.17) is 0 Å². The van der Waals surface area contributed by atoms with Gasteiger partial charge in [-0.05, 0) is 41.9 Å². The van der Waals surface area contributed by atoms with Gasteiger partial charge in [0.15, 0.2) is 9.84 Å². The molecule has 1 aliphatic heterocycles. The fourth-order valence-corrected chi connectivity index (χ4v) is 6.65. The lowest BCUT2D eigenvalue weighted by Crippen LogP contribution is -2.17. The van der Waals surface area contributed by atoms with Crippen molar-refractivity contribution in [3.05, 3.63) is 12.2 Å². The lowest BCUT2D eigenvalue weighted by molar-refractivity contribution is 0.374. The Kier molecular flexibility index (Phi) is 1.11. The maximum Gasteiger partial charge on any atom is 0.150 e. The van der Waals surface area contributed by atoms with Crippen LogP contribution in [0.3, 0.4) is 0 Å². The van der Waals surface area contributed by atoms with E-state index in [9.17, 15) is 8.42 Å². The number of sulfone groups is 1. The maximum absolute atomic E-state index is 11.6. The van der Waals surface area contributed by atoms with E-state index in [0.717, 1.165) is 0 Å². The average molecular weight is 210 g/mol. The van der Waals surface area contributed by atoms with Crippen LogP contribution in [0.2, 0.25) is 0 Å². The summed E-state index contributed by atoms with van der Waals surface area (Å²) in [5, 5.41) is 0. The first-order chi connectivity index (χ1) is 6.62. The zero-order chi connectivity index (χ0) is 9.55. The second-order valence-corrected chi connectivity index (χ2v) is 7.73. The van der Waals surface area contributed by atoms with E-state index in [1.807, 2.05) is 0 Å². The van der Waals surface area contributed by atoms with E-state index in [0.29, 0.717) is 40.6 Å². The molecule has 2 saturated carbocycles. The molecule has 0 aromatic carbocycles. The van der Waals surface area contributed by atoms with E-state index in [1.165, 1.54) is 12.8 Å². The van der Waals surface area contributed by atoms with Crippen LogP contribution in [0, 0.1) is 29.1 Å². The highest BCUT2D eigenvalue weighted by molar-refractivity contribution is 7.91. The van der Waals surface area contributed by atoms with Crippen LogP contribution in [-0.4, -0.2) is 19.9 Å². The van der Waals surface area contributed by atoms with Gasteiger partial charge in [0, 0.05) is 0 Å². The molecule has 3 aliphatic carbocycles. The molecule has 3 fully saturated rings. The number of allylic oxidation sites excluding steroid dienone is 2. The van der Waals surface area contributed by atoms with Gasteiger partial charge in [-0.15, -0.1) is 0 Å². The summed E-state index contributed by atoms with van der Waals surface area (Å²) < 4.78 is 23.1. The highest BCUT2D eigenvalue weighted by atomic mass is 32.2. The molecule has 4 aliphatic rings. The van der Waals surface area contributed by atoms with Gasteiger partial charge in [0.05, 0.1) is 11.5 Å². The predicted octanol–water partition coefficient (Wildman–Crippen LogP) is 1.24. The third-order valence-corrected chi connectivity index (χ3v) is 6.83. The van der Waals surface area contributed by atoms with Crippen molar-refractivity contribution in [2.45, 2.75) is 12.8 Å². The Bertz CT molecular complexity index is 400. The van der Waals surface area contributed by atoms with E-state index in [1.54, 1.807) is 0 Å². The third kappa shape index (κ3) is 0.700. The highest BCUT2D eigenvalue weighted by Gasteiger charge is 2.69. The van der Waals surface area contributed by atoms with Crippen molar-refractivity contribution < 1.29 is 8.42 Å². The molecule has 0 N–H and O–H groups in total. The van der Waals surface area contributed by atoms with Gasteiger partial charge >= 0.3 is 0 Å². The molecule has 2 bridgehead atoms. The minimum Gasteiger partial charge on any atom is -0.229 e. The summed E-state index contributed by atoms with van der Waals surface area (Å²) >= 11 is 0. The Morgan fingerprint density at radius 3 is 1.93 bits per heavy atom. The number of hydrogen-bond donors (Lipinski definition) is 0. The van der Waals surface area contributed by atoms with Gasteiger partial charge in [0.1, 0.15) is 0 Å². The molecule has 14 heavy (non-hydrogen) atoms. The van der Waals surface area contributed by atoms with Crippen molar-refractivity contribution in [3.8, 4) is 0 Å². The smallest absolute Gasteiger partial charge is 0.150 e. The van der Waals surface area contributed by atoms with Gasteiger partial charge in [-0.25, -0.2) is 8.42 Å². The van der Waals surface area contributed by atoms with Crippen molar-refractivity contribution in [1.29, 1.82) is 0 Å². The monoisotopic (exact) mass is 210 g/mol. The lowest BCUT2D eigenvalue weighted by Gasteiger charge is -2.17. The molecule has 2 nitrogen and oxygen atoms in total. The largest absolute Gasteiger partial charge is 0.229 e. The van der Waals surface area contributed by atoms with E-state index in [2.05, 4.69) is 12.2 Å². The van der Waals surface area contributed by atoms with Crippen molar-refractivity contribution in [2.75, 3.05) is 11.5 Å². The van der Waals surface area contributed by atoms with E-state index < -0.39 is 9.84 Å². The lowest BCUT2D eigenvalue weighted by atomic mass is 9.86. The topological polar surface area (TPSA) is 34.1 Å². The van der Waals surface area contributed by atoms with Crippen molar-refractivity contribution >= 4 is 9.84 Å². The molecule has 1 spiro atoms. The Hall–Kier alpha value is -0.310. The van der Waals surface area contributed by atoms with Crippen LogP contribution in [0.5, 0.6) is 0 Å². The Balaban J connectivity index is 1.82. The first kappa shape index (κ1) is 7.91. The zero-order valence-corrected chi connectivity index (χ0v) is 8.83. The molecule has 0 aromatic rings. The van der Waals surface area contributed by atoms with Crippen LogP contribution in [0.1, 0.15) is 12.8 Å². The maximum atomic E-state index is 11.6. The minimum atomic E-state index is -2.69. The van der Waals surface area contributed by atoms with Crippen LogP contribution >= 0.6 is 0 Å². The van der Waals surface area contributed by atoms with Gasteiger partial charge < -0.3 is 0 Å². The minimum absolute atomic E-state index is 0.477. The molecular weight excluding hydrogens is 196 g/mol. The highest BCUT2D eigenvalue weighted by Crippen LogP contribution is 2.73. The number of rotatable bonds is 0. The van der Waals surface area contributed by atoms with Crippen LogP contribution in [0.15, 0.2) is 12.2 Å². The molecule has 0 amide bonds. The molecule has 0 unspecified atom stereocenters. The van der Waals surface area contributed by atoms with Gasteiger partial charge in [0.2, 0.25) is 0 Å². The van der Waals surface area contributed by atoms with E-state index in [-0.39, 0.29) is 0 Å². The second-order valence-electron chi connectivity index (χ2n) is 5.57. The van der Waals surface area contributed by atoms with Gasteiger partial charge in [-0.1, -0.05) is 12.2 Å². The first-order valence-electron chi connectivity index (χ1n) is 5.51. The number of fused-ring (bicyclic) bond motifs is 3. The summed E-state index contributed by atoms with van der Waals surface area (Å²) in [4.78, 5) is 0. The van der Waals surface area contributed by atoms with Crippen LogP contribution < -0.4 is 0 Å². The number of hydrogen-bond acceptors (Lipinski definition) is 2. The second kappa shape index (κ2) is 1.97. The Labute approximate surface area is 84.3 Å². The van der Waals surface area contributed by atoms with Crippen LogP contribution in [-0.2, 0) is 9.84 Å². The molecule has 4 atom stereocenters. The van der Waals surface area contributed by atoms with Crippen molar-refractivity contribution in [2.24, 2.45) is 29.1 Å². The van der Waals surface area contributed by atoms with Gasteiger partial charge in [0.25, 0.3) is 0 Å². The summed E-state index contributed by atoms with van der Waals surface area (Å²) in [7, 11) is -2.69. The van der Waals surface area contributed by atoms with Crippen LogP contribution in [0.25, 0.3) is 0 Å². The predicted molar refractivity (Wildman–Crippen MR) is 53.4 cm³/mol. The third-order valence-electron chi connectivity index (χ3n) is 5.05. The molecule has 76 valence electrons. The van der Waals surface area contributed by atoms with E-state index >= 15 is 0 Å². The zero-order valence-electron chi connectivity index (χ0n) is 8.02. The summed E-state index contributed by atoms with van der Waals surface area (Å²) in [6.45, 7) is 0. The molecule has 1 heterocycles. The van der Waals surface area contributed by atoms with Gasteiger partial charge in [-0.3, -0.25) is 0 Å². The van der Waals surface area contributed by atoms with Crippen molar-refractivity contribution in [3.63, 3.8) is 0 Å². The molecule has 4 rings (SSSR count). The molecular formula is C11H14O2S. The SMILES string of the molecule is O=S1(=O)C[C@@H]2[C@H](C1)[C@@H]1C=C[C@H]2C12CC2. The summed E-state index contributed by atoms with van der Waals surface area (Å²) in [5.74, 6) is 3.16. The van der Waals surface area contributed by atoms with Crippen molar-refractivity contribution in [1.82, 2.24) is 0 Å². The fraction of sp³-hybridized carbons (Fsp3) is 0.818. The Morgan fingerprint density at radius 1 is 1.00 bits per heavy atom.